The Labute approximate surface area is 130 Å². The number of rotatable bonds is 4. The van der Waals surface area contributed by atoms with Crippen molar-refractivity contribution in [1.29, 1.82) is 0 Å². The molecule has 2 rings (SSSR count). The molecule has 0 N–H and O–H groups in total. The van der Waals surface area contributed by atoms with E-state index in [1.165, 1.54) is 11.1 Å². The summed E-state index contributed by atoms with van der Waals surface area (Å²) in [7, 11) is 0. The highest BCUT2D eigenvalue weighted by atomic mass is 79.9. The molecule has 0 bridgehead atoms. The normalized spacial score (nSPS) is 11.0. The van der Waals surface area contributed by atoms with Crippen LogP contribution >= 0.6 is 31.9 Å². The lowest BCUT2D eigenvalue weighted by Gasteiger charge is -2.11. The summed E-state index contributed by atoms with van der Waals surface area (Å²) in [5.74, 6) is 1.29. The van der Waals surface area contributed by atoms with Crippen LogP contribution in [0.5, 0.6) is 0 Å². The summed E-state index contributed by atoms with van der Waals surface area (Å²) in [5, 5.41) is 0.801. The lowest BCUT2D eigenvalue weighted by molar-refractivity contribution is 0.777. The van der Waals surface area contributed by atoms with Crippen LogP contribution < -0.4 is 0 Å². The van der Waals surface area contributed by atoms with Gasteiger partial charge in [0.25, 0.3) is 0 Å². The Morgan fingerprint density at radius 3 is 2.53 bits per heavy atom. The Bertz CT molecular complexity index is 568. The summed E-state index contributed by atoms with van der Waals surface area (Å²) in [4.78, 5) is 9.18. The molecule has 1 aromatic carbocycles. The second-order valence-corrected chi connectivity index (χ2v) is 6.17. The number of aromatic nitrogens is 2. The van der Waals surface area contributed by atoms with E-state index in [1.807, 2.05) is 24.4 Å². The molecule has 0 saturated carbocycles. The van der Waals surface area contributed by atoms with E-state index >= 15 is 0 Å². The van der Waals surface area contributed by atoms with Gasteiger partial charge in [0, 0.05) is 28.0 Å². The van der Waals surface area contributed by atoms with Crippen LogP contribution in [0, 0.1) is 0 Å². The second kappa shape index (κ2) is 6.62. The monoisotopic (exact) mass is 382 g/mol. The van der Waals surface area contributed by atoms with Crippen LogP contribution in [0.4, 0.5) is 0 Å². The van der Waals surface area contributed by atoms with Crippen molar-refractivity contribution >= 4 is 31.9 Å². The topological polar surface area (TPSA) is 25.8 Å². The largest absolute Gasteiger partial charge is 0.241 e. The number of benzene rings is 1. The van der Waals surface area contributed by atoms with Gasteiger partial charge in [-0.1, -0.05) is 63.9 Å². The van der Waals surface area contributed by atoms with E-state index in [4.69, 9.17) is 4.98 Å². The molecule has 1 aromatic heterocycles. The van der Waals surface area contributed by atoms with Gasteiger partial charge in [-0.15, -0.1) is 0 Å². The predicted molar refractivity (Wildman–Crippen MR) is 85.7 cm³/mol. The van der Waals surface area contributed by atoms with Gasteiger partial charge in [-0.05, 0) is 17.5 Å². The van der Waals surface area contributed by atoms with Crippen LogP contribution in [0.2, 0.25) is 0 Å². The molecule has 0 unspecified atom stereocenters. The smallest absolute Gasteiger partial charge is 0.132 e. The van der Waals surface area contributed by atoms with Crippen LogP contribution in [0.1, 0.15) is 42.4 Å². The van der Waals surface area contributed by atoms with Crippen molar-refractivity contribution < 1.29 is 0 Å². The molecule has 0 spiro atoms. The average Bonchev–Trinajstić information content (AvgIpc) is 2.41. The van der Waals surface area contributed by atoms with Crippen LogP contribution in [-0.2, 0) is 11.8 Å². The maximum atomic E-state index is 4.72. The molecule has 100 valence electrons. The maximum absolute atomic E-state index is 4.72. The Hall–Kier alpha value is -0.740. The summed E-state index contributed by atoms with van der Waals surface area (Å²) >= 11 is 7.06. The van der Waals surface area contributed by atoms with Crippen molar-refractivity contribution in [2.75, 3.05) is 0 Å². The first-order chi connectivity index (χ1) is 9.11. The minimum Gasteiger partial charge on any atom is -0.241 e. The highest BCUT2D eigenvalue weighted by Crippen LogP contribution is 2.22. The molecular weight excluding hydrogens is 368 g/mol. The average molecular weight is 384 g/mol. The summed E-state index contributed by atoms with van der Waals surface area (Å²) in [6.45, 7) is 4.33. The van der Waals surface area contributed by atoms with Gasteiger partial charge in [-0.25, -0.2) is 9.97 Å². The lowest BCUT2D eigenvalue weighted by atomic mass is 10.1. The Balaban J connectivity index is 2.31. The van der Waals surface area contributed by atoms with Gasteiger partial charge in [0.1, 0.15) is 5.82 Å². The minimum atomic E-state index is 0.411. The van der Waals surface area contributed by atoms with Crippen LogP contribution in [0.3, 0.4) is 0 Å². The Morgan fingerprint density at radius 2 is 1.89 bits per heavy atom. The zero-order chi connectivity index (χ0) is 13.8. The van der Waals surface area contributed by atoms with Gasteiger partial charge in [0.05, 0.1) is 5.69 Å². The van der Waals surface area contributed by atoms with Gasteiger partial charge >= 0.3 is 0 Å². The van der Waals surface area contributed by atoms with Crippen LogP contribution in [-0.4, -0.2) is 9.97 Å². The van der Waals surface area contributed by atoms with Crippen LogP contribution in [0.15, 0.2) is 34.9 Å². The molecule has 19 heavy (non-hydrogen) atoms. The van der Waals surface area contributed by atoms with E-state index < -0.39 is 0 Å². The van der Waals surface area contributed by atoms with Crippen molar-refractivity contribution in [3.05, 3.63) is 57.6 Å². The van der Waals surface area contributed by atoms with Gasteiger partial charge in [0.15, 0.2) is 0 Å². The van der Waals surface area contributed by atoms with Crippen molar-refractivity contribution in [2.45, 2.75) is 31.5 Å². The van der Waals surface area contributed by atoms with Crippen molar-refractivity contribution in [1.82, 2.24) is 9.97 Å². The molecule has 4 heteroatoms. The van der Waals surface area contributed by atoms with Crippen molar-refractivity contribution in [3.8, 4) is 0 Å². The van der Waals surface area contributed by atoms with E-state index in [0.717, 1.165) is 27.7 Å². The molecule has 2 aromatic rings. The molecule has 0 radical (unpaired) electrons. The number of hydrogen-bond donors (Lipinski definition) is 0. The maximum Gasteiger partial charge on any atom is 0.132 e. The zero-order valence-electron chi connectivity index (χ0n) is 11.0. The third kappa shape index (κ3) is 3.63. The number of hydrogen-bond acceptors (Lipinski definition) is 2. The first-order valence-electron chi connectivity index (χ1n) is 6.26. The minimum absolute atomic E-state index is 0.411. The summed E-state index contributed by atoms with van der Waals surface area (Å²) in [5.41, 5.74) is 3.52. The summed E-state index contributed by atoms with van der Waals surface area (Å²) in [6.07, 6.45) is 2.69. The van der Waals surface area contributed by atoms with Gasteiger partial charge in [-0.3, -0.25) is 0 Å². The quantitative estimate of drug-likeness (QED) is 0.705. The van der Waals surface area contributed by atoms with E-state index in [0.29, 0.717) is 5.92 Å². The molecule has 0 atom stereocenters. The number of halogens is 2. The van der Waals surface area contributed by atoms with E-state index in [1.54, 1.807) is 0 Å². The Kier molecular flexibility index (Phi) is 5.11. The van der Waals surface area contributed by atoms with Crippen molar-refractivity contribution in [3.63, 3.8) is 0 Å². The first kappa shape index (κ1) is 14.7. The van der Waals surface area contributed by atoms with Crippen molar-refractivity contribution in [2.24, 2.45) is 0 Å². The third-order valence-corrected chi connectivity index (χ3v) is 4.32. The van der Waals surface area contributed by atoms with E-state index in [-0.39, 0.29) is 0 Å². The number of alkyl halides is 1. The molecule has 0 aliphatic carbocycles. The van der Waals surface area contributed by atoms with Crippen LogP contribution in [0.25, 0.3) is 0 Å². The lowest BCUT2D eigenvalue weighted by Crippen LogP contribution is -2.05. The van der Waals surface area contributed by atoms with E-state index in [9.17, 15) is 0 Å². The molecule has 2 nitrogen and oxygen atoms in total. The fraction of sp³-hybridized carbons (Fsp3) is 0.333. The predicted octanol–water partition coefficient (Wildman–Crippen LogP) is 4.85. The molecule has 0 amide bonds. The Morgan fingerprint density at radius 1 is 1.16 bits per heavy atom. The molecule has 0 saturated heterocycles. The SMILES string of the molecule is CC(C)c1nc(Cc2ccccc2Br)ncc1CBr. The molecule has 0 fully saturated rings. The molecular formula is C15H16Br2N2. The molecule has 1 heterocycles. The van der Waals surface area contributed by atoms with Gasteiger partial charge in [-0.2, -0.15) is 0 Å². The standard InChI is InChI=1S/C15H16Br2N2/c1-10(2)15-12(8-16)9-18-14(19-15)7-11-5-3-4-6-13(11)17/h3-6,9-10H,7-8H2,1-2H3. The molecule has 0 aliphatic rings. The van der Waals surface area contributed by atoms with Gasteiger partial charge < -0.3 is 0 Å². The van der Waals surface area contributed by atoms with E-state index in [2.05, 4.69) is 56.8 Å². The summed E-state index contributed by atoms with van der Waals surface area (Å²) in [6, 6.07) is 8.20. The van der Waals surface area contributed by atoms with Gasteiger partial charge in [0.2, 0.25) is 0 Å². The fourth-order valence-electron chi connectivity index (χ4n) is 1.96. The second-order valence-electron chi connectivity index (χ2n) is 4.75. The number of nitrogens with zero attached hydrogens (tertiary/aromatic N) is 2. The highest BCUT2D eigenvalue weighted by molar-refractivity contribution is 9.10. The first-order valence-corrected chi connectivity index (χ1v) is 8.17. The zero-order valence-corrected chi connectivity index (χ0v) is 14.2. The third-order valence-electron chi connectivity index (χ3n) is 2.95. The summed E-state index contributed by atoms with van der Waals surface area (Å²) < 4.78 is 1.11. The molecule has 0 aliphatic heterocycles. The fourth-order valence-corrected chi connectivity index (χ4v) is 2.82. The highest BCUT2D eigenvalue weighted by Gasteiger charge is 2.11.